The van der Waals surface area contributed by atoms with Crippen LogP contribution in [-0.2, 0) is 13.0 Å². The Labute approximate surface area is 91.7 Å². The van der Waals surface area contributed by atoms with E-state index >= 15 is 0 Å². The third-order valence-electron chi connectivity index (χ3n) is 2.49. The van der Waals surface area contributed by atoms with Gasteiger partial charge < -0.3 is 0 Å². The molecule has 15 heavy (non-hydrogen) atoms. The van der Waals surface area contributed by atoms with Crippen LogP contribution < -0.4 is 0 Å². The Hall–Kier alpha value is -1.30. The van der Waals surface area contributed by atoms with Gasteiger partial charge in [-0.3, -0.25) is 4.68 Å². The molecule has 1 heterocycles. The quantitative estimate of drug-likeness (QED) is 0.741. The number of rotatable bonds is 5. The molecule has 0 saturated carbocycles. The maximum atomic E-state index is 8.76. The summed E-state index contributed by atoms with van der Waals surface area (Å²) in [5.41, 5.74) is 1.73. The Morgan fingerprint density at radius 3 is 2.80 bits per heavy atom. The second-order valence-corrected chi connectivity index (χ2v) is 4.23. The molecule has 0 aliphatic rings. The van der Waals surface area contributed by atoms with Gasteiger partial charge in [-0.05, 0) is 31.7 Å². The van der Waals surface area contributed by atoms with Crippen LogP contribution in [0.25, 0.3) is 0 Å². The van der Waals surface area contributed by atoms with Crippen molar-refractivity contribution in [2.45, 2.75) is 46.6 Å². The van der Waals surface area contributed by atoms with Crippen molar-refractivity contribution in [3.8, 4) is 6.07 Å². The van der Waals surface area contributed by atoms with Gasteiger partial charge in [0.2, 0.25) is 0 Å². The average molecular weight is 205 g/mol. The summed E-state index contributed by atoms with van der Waals surface area (Å²) >= 11 is 0. The molecule has 1 aromatic heterocycles. The highest BCUT2D eigenvalue weighted by Crippen LogP contribution is 2.11. The van der Waals surface area contributed by atoms with E-state index in [1.165, 1.54) is 18.5 Å². The first-order chi connectivity index (χ1) is 7.17. The lowest BCUT2D eigenvalue weighted by atomic mass is 10.1. The third-order valence-corrected chi connectivity index (χ3v) is 2.49. The van der Waals surface area contributed by atoms with E-state index in [1.807, 2.05) is 10.7 Å². The highest BCUT2D eigenvalue weighted by atomic mass is 15.3. The SMILES string of the molecule is CCn1nc(C#N)cc1CCCC(C)C. The third kappa shape index (κ3) is 3.39. The van der Waals surface area contributed by atoms with Gasteiger partial charge in [-0.2, -0.15) is 10.4 Å². The largest absolute Gasteiger partial charge is 0.269 e. The molecule has 3 heteroatoms. The van der Waals surface area contributed by atoms with Crippen LogP contribution in [-0.4, -0.2) is 9.78 Å². The van der Waals surface area contributed by atoms with E-state index in [0.29, 0.717) is 5.69 Å². The van der Waals surface area contributed by atoms with Gasteiger partial charge >= 0.3 is 0 Å². The number of hydrogen-bond acceptors (Lipinski definition) is 2. The summed E-state index contributed by atoms with van der Waals surface area (Å²) in [6.07, 6.45) is 3.44. The fraction of sp³-hybridized carbons (Fsp3) is 0.667. The molecule has 0 atom stereocenters. The van der Waals surface area contributed by atoms with Crippen LogP contribution in [0.5, 0.6) is 0 Å². The van der Waals surface area contributed by atoms with E-state index in [-0.39, 0.29) is 0 Å². The molecule has 0 aliphatic heterocycles. The normalized spacial score (nSPS) is 10.6. The molecule has 0 bridgehead atoms. The monoisotopic (exact) mass is 205 g/mol. The second kappa shape index (κ2) is 5.55. The van der Waals surface area contributed by atoms with Gasteiger partial charge in [-0.15, -0.1) is 0 Å². The Kier molecular flexibility index (Phi) is 4.36. The van der Waals surface area contributed by atoms with Crippen LogP contribution in [0, 0.1) is 17.2 Å². The van der Waals surface area contributed by atoms with Crippen LogP contribution in [0.1, 0.15) is 45.0 Å². The summed E-state index contributed by atoms with van der Waals surface area (Å²) in [6, 6.07) is 4.00. The van der Waals surface area contributed by atoms with Crippen LogP contribution in [0.3, 0.4) is 0 Å². The lowest BCUT2D eigenvalue weighted by molar-refractivity contribution is 0.535. The van der Waals surface area contributed by atoms with Gasteiger partial charge in [-0.25, -0.2) is 0 Å². The fourth-order valence-electron chi connectivity index (χ4n) is 1.68. The van der Waals surface area contributed by atoms with Gasteiger partial charge in [0, 0.05) is 12.2 Å². The standard InChI is InChI=1S/C12H19N3/c1-4-15-12(7-5-6-10(2)3)8-11(9-13)14-15/h8,10H,4-7H2,1-3H3. The number of nitrogens with zero attached hydrogens (tertiary/aromatic N) is 3. The lowest BCUT2D eigenvalue weighted by Crippen LogP contribution is -2.03. The Bertz CT molecular complexity index is 344. The maximum Gasteiger partial charge on any atom is 0.162 e. The second-order valence-electron chi connectivity index (χ2n) is 4.23. The van der Waals surface area contributed by atoms with Crippen molar-refractivity contribution >= 4 is 0 Å². The van der Waals surface area contributed by atoms with Gasteiger partial charge in [0.1, 0.15) is 6.07 Å². The zero-order chi connectivity index (χ0) is 11.3. The number of aromatic nitrogens is 2. The van der Waals surface area contributed by atoms with E-state index in [0.717, 1.165) is 18.9 Å². The maximum absolute atomic E-state index is 8.76. The smallest absolute Gasteiger partial charge is 0.162 e. The van der Waals surface area contributed by atoms with Crippen molar-refractivity contribution in [2.75, 3.05) is 0 Å². The van der Waals surface area contributed by atoms with Crippen LogP contribution in [0.2, 0.25) is 0 Å². The van der Waals surface area contributed by atoms with Crippen molar-refractivity contribution in [3.63, 3.8) is 0 Å². The molecule has 0 aliphatic carbocycles. The predicted molar refractivity (Wildman–Crippen MR) is 60.4 cm³/mol. The summed E-state index contributed by atoms with van der Waals surface area (Å²) in [7, 11) is 0. The van der Waals surface area contributed by atoms with Crippen molar-refractivity contribution in [2.24, 2.45) is 5.92 Å². The molecule has 0 spiro atoms. The highest BCUT2D eigenvalue weighted by Gasteiger charge is 2.06. The van der Waals surface area contributed by atoms with Crippen molar-refractivity contribution in [1.29, 1.82) is 5.26 Å². The predicted octanol–water partition coefficient (Wildman–Crippen LogP) is 2.75. The Balaban J connectivity index is 2.59. The van der Waals surface area contributed by atoms with Crippen molar-refractivity contribution in [3.05, 3.63) is 17.5 Å². The van der Waals surface area contributed by atoms with Gasteiger partial charge in [0.15, 0.2) is 5.69 Å². The van der Waals surface area contributed by atoms with E-state index < -0.39 is 0 Å². The van der Waals surface area contributed by atoms with E-state index in [4.69, 9.17) is 5.26 Å². The number of aryl methyl sites for hydroxylation is 2. The first-order valence-corrected chi connectivity index (χ1v) is 5.64. The molecule has 1 rings (SSSR count). The molecule has 0 aromatic carbocycles. The molecule has 0 N–H and O–H groups in total. The summed E-state index contributed by atoms with van der Waals surface area (Å²) in [4.78, 5) is 0. The molecular formula is C12H19N3. The molecule has 0 unspecified atom stereocenters. The minimum atomic E-state index is 0.538. The molecular weight excluding hydrogens is 186 g/mol. The average Bonchev–Trinajstić information content (AvgIpc) is 2.60. The molecule has 0 fully saturated rings. The summed E-state index contributed by atoms with van der Waals surface area (Å²) in [5.74, 6) is 0.749. The zero-order valence-electron chi connectivity index (χ0n) is 9.82. The topological polar surface area (TPSA) is 41.6 Å². The molecule has 0 amide bonds. The van der Waals surface area contributed by atoms with Gasteiger partial charge in [0.05, 0.1) is 0 Å². The van der Waals surface area contributed by atoms with Gasteiger partial charge in [-0.1, -0.05) is 20.3 Å². The molecule has 0 radical (unpaired) electrons. The summed E-state index contributed by atoms with van der Waals surface area (Å²) in [5, 5.41) is 13.0. The van der Waals surface area contributed by atoms with E-state index in [9.17, 15) is 0 Å². The first kappa shape index (κ1) is 11.8. The first-order valence-electron chi connectivity index (χ1n) is 5.64. The van der Waals surface area contributed by atoms with E-state index in [1.54, 1.807) is 0 Å². The molecule has 82 valence electrons. The van der Waals surface area contributed by atoms with E-state index in [2.05, 4.69) is 31.9 Å². The van der Waals surface area contributed by atoms with Crippen LogP contribution >= 0.6 is 0 Å². The highest BCUT2D eigenvalue weighted by molar-refractivity contribution is 5.22. The summed E-state index contributed by atoms with van der Waals surface area (Å²) < 4.78 is 1.93. The van der Waals surface area contributed by atoms with Crippen molar-refractivity contribution in [1.82, 2.24) is 9.78 Å². The molecule has 0 saturated heterocycles. The van der Waals surface area contributed by atoms with Crippen molar-refractivity contribution < 1.29 is 0 Å². The minimum Gasteiger partial charge on any atom is -0.269 e. The van der Waals surface area contributed by atoms with Crippen LogP contribution in [0.15, 0.2) is 6.07 Å². The zero-order valence-corrected chi connectivity index (χ0v) is 9.82. The molecule has 1 aromatic rings. The van der Waals surface area contributed by atoms with Gasteiger partial charge in [0.25, 0.3) is 0 Å². The van der Waals surface area contributed by atoms with Crippen LogP contribution in [0.4, 0.5) is 0 Å². The fourth-order valence-corrected chi connectivity index (χ4v) is 1.68. The minimum absolute atomic E-state index is 0.538. The lowest BCUT2D eigenvalue weighted by Gasteiger charge is -2.05. The number of nitriles is 1. The molecule has 3 nitrogen and oxygen atoms in total. The summed E-state index contributed by atoms with van der Waals surface area (Å²) in [6.45, 7) is 7.37. The number of hydrogen-bond donors (Lipinski definition) is 0. The Morgan fingerprint density at radius 2 is 2.27 bits per heavy atom. The Morgan fingerprint density at radius 1 is 1.53 bits per heavy atom.